The maximum atomic E-state index is 13.3. The van der Waals surface area contributed by atoms with Crippen molar-refractivity contribution in [2.24, 2.45) is 0 Å². The third-order valence-electron chi connectivity index (χ3n) is 5.77. The molecule has 5 rings (SSSR count). The van der Waals surface area contributed by atoms with E-state index >= 15 is 0 Å². The van der Waals surface area contributed by atoms with Crippen molar-refractivity contribution in [3.63, 3.8) is 0 Å². The number of amides is 3. The van der Waals surface area contributed by atoms with Gasteiger partial charge in [-0.05, 0) is 50.6 Å². The highest BCUT2D eigenvalue weighted by Gasteiger charge is 2.41. The summed E-state index contributed by atoms with van der Waals surface area (Å²) in [6.07, 6.45) is -0.199. The first-order valence-corrected chi connectivity index (χ1v) is 11.2. The number of hydrogen-bond acceptors (Lipinski definition) is 6. The van der Waals surface area contributed by atoms with Crippen LogP contribution in [-0.2, 0) is 4.79 Å². The van der Waals surface area contributed by atoms with Crippen LogP contribution in [0.1, 0.15) is 43.9 Å². The molecule has 0 radical (unpaired) electrons. The number of imide groups is 1. The van der Waals surface area contributed by atoms with Gasteiger partial charge < -0.3 is 4.74 Å². The summed E-state index contributed by atoms with van der Waals surface area (Å²) < 4.78 is 5.93. The number of aromatic nitrogens is 1. The van der Waals surface area contributed by atoms with Crippen LogP contribution in [0, 0.1) is 13.8 Å². The molecule has 0 N–H and O–H groups in total. The van der Waals surface area contributed by atoms with Gasteiger partial charge in [0.2, 0.25) is 0 Å². The van der Waals surface area contributed by atoms with Crippen LogP contribution in [0.25, 0.3) is 11.3 Å². The lowest BCUT2D eigenvalue weighted by atomic mass is 10.1. The zero-order valence-electron chi connectivity index (χ0n) is 17.9. The Labute approximate surface area is 189 Å². The molecule has 0 saturated heterocycles. The molecule has 3 heterocycles. The Balaban J connectivity index is 1.56. The van der Waals surface area contributed by atoms with Gasteiger partial charge in [-0.1, -0.05) is 19.1 Å². The standard InChI is InChI=1S/C24H21N3O4S/c1-4-19-24(30)26(12-27-22(28)16-7-5-6-8-17(16)23(27)29)18-11-15(9-10-20(18)31-19)21-13(2)32-14(3)25-21/h5-11,19H,4,12H2,1-3H3. The van der Waals surface area contributed by atoms with Crippen LogP contribution < -0.4 is 9.64 Å². The number of rotatable bonds is 4. The molecule has 0 fully saturated rings. The number of benzene rings is 2. The Kier molecular flexibility index (Phi) is 4.82. The van der Waals surface area contributed by atoms with E-state index in [4.69, 9.17) is 4.74 Å². The molecule has 0 bridgehead atoms. The van der Waals surface area contributed by atoms with E-state index in [1.54, 1.807) is 35.6 Å². The van der Waals surface area contributed by atoms with E-state index < -0.39 is 17.9 Å². The zero-order valence-corrected chi connectivity index (χ0v) is 18.7. The monoisotopic (exact) mass is 447 g/mol. The molecule has 1 unspecified atom stereocenters. The molecule has 2 aliphatic rings. The summed E-state index contributed by atoms with van der Waals surface area (Å²) in [6, 6.07) is 12.3. The molecule has 1 atom stereocenters. The van der Waals surface area contributed by atoms with Crippen LogP contribution in [0.15, 0.2) is 42.5 Å². The summed E-state index contributed by atoms with van der Waals surface area (Å²) >= 11 is 1.61. The molecule has 2 aliphatic heterocycles. The number of carbonyl (C=O) groups is 3. The van der Waals surface area contributed by atoms with Crippen LogP contribution in [-0.4, -0.2) is 40.4 Å². The quantitative estimate of drug-likeness (QED) is 0.561. The number of fused-ring (bicyclic) bond motifs is 2. The highest BCUT2D eigenvalue weighted by molar-refractivity contribution is 7.11. The molecule has 0 spiro atoms. The predicted octanol–water partition coefficient (Wildman–Crippen LogP) is 4.18. The maximum Gasteiger partial charge on any atom is 0.269 e. The summed E-state index contributed by atoms with van der Waals surface area (Å²) in [4.78, 5) is 47.4. The fraction of sp³-hybridized carbons (Fsp3) is 0.250. The van der Waals surface area contributed by atoms with Crippen molar-refractivity contribution < 1.29 is 19.1 Å². The Bertz CT molecular complexity index is 1250. The molecule has 8 heteroatoms. The topological polar surface area (TPSA) is 79.8 Å². The number of aryl methyl sites for hydroxylation is 2. The van der Waals surface area contributed by atoms with E-state index in [0.717, 1.165) is 26.0 Å². The number of anilines is 1. The number of ether oxygens (including phenoxy) is 1. The Morgan fingerprint density at radius 3 is 2.28 bits per heavy atom. The molecule has 162 valence electrons. The minimum absolute atomic E-state index is 0.170. The maximum absolute atomic E-state index is 13.3. The van der Waals surface area contributed by atoms with Gasteiger partial charge in [-0.3, -0.25) is 24.2 Å². The normalized spacial score (nSPS) is 17.5. The first kappa shape index (κ1) is 20.4. The minimum atomic E-state index is -0.674. The minimum Gasteiger partial charge on any atom is -0.478 e. The van der Waals surface area contributed by atoms with Crippen LogP contribution in [0.3, 0.4) is 0 Å². The van der Waals surface area contributed by atoms with Gasteiger partial charge in [0.15, 0.2) is 6.10 Å². The summed E-state index contributed by atoms with van der Waals surface area (Å²) in [5, 5.41) is 0.955. The highest BCUT2D eigenvalue weighted by Crippen LogP contribution is 2.40. The molecular weight excluding hydrogens is 426 g/mol. The van der Waals surface area contributed by atoms with Crippen molar-refractivity contribution in [3.05, 3.63) is 63.5 Å². The van der Waals surface area contributed by atoms with Gasteiger partial charge in [-0.15, -0.1) is 11.3 Å². The fourth-order valence-electron chi connectivity index (χ4n) is 4.18. The molecular formula is C24H21N3O4S. The average Bonchev–Trinajstić information content (AvgIpc) is 3.25. The van der Waals surface area contributed by atoms with E-state index in [1.165, 1.54) is 4.90 Å². The lowest BCUT2D eigenvalue weighted by molar-refractivity contribution is -0.126. The van der Waals surface area contributed by atoms with Gasteiger partial charge in [0.25, 0.3) is 17.7 Å². The third-order valence-corrected chi connectivity index (χ3v) is 6.66. The number of nitrogens with zero attached hydrogens (tertiary/aromatic N) is 3. The van der Waals surface area contributed by atoms with Crippen molar-refractivity contribution in [2.75, 3.05) is 11.6 Å². The van der Waals surface area contributed by atoms with Crippen molar-refractivity contribution in [1.29, 1.82) is 0 Å². The Hall–Kier alpha value is -3.52. The van der Waals surface area contributed by atoms with E-state index in [2.05, 4.69) is 4.98 Å². The first-order chi connectivity index (χ1) is 15.4. The molecule has 0 saturated carbocycles. The summed E-state index contributed by atoms with van der Waals surface area (Å²) in [5.74, 6) is -0.537. The van der Waals surface area contributed by atoms with E-state index in [9.17, 15) is 14.4 Å². The van der Waals surface area contributed by atoms with Crippen molar-refractivity contribution in [2.45, 2.75) is 33.3 Å². The molecule has 3 aromatic rings. The van der Waals surface area contributed by atoms with Gasteiger partial charge in [-0.25, -0.2) is 4.98 Å². The predicted molar refractivity (Wildman–Crippen MR) is 121 cm³/mol. The van der Waals surface area contributed by atoms with Crippen LogP contribution in [0.5, 0.6) is 5.75 Å². The first-order valence-electron chi connectivity index (χ1n) is 10.4. The van der Waals surface area contributed by atoms with Gasteiger partial charge in [0, 0.05) is 10.4 Å². The van der Waals surface area contributed by atoms with E-state index in [0.29, 0.717) is 29.0 Å². The average molecular weight is 448 g/mol. The smallest absolute Gasteiger partial charge is 0.269 e. The molecule has 1 aromatic heterocycles. The third kappa shape index (κ3) is 3.10. The van der Waals surface area contributed by atoms with Crippen molar-refractivity contribution in [3.8, 4) is 17.0 Å². The number of hydrogen-bond donors (Lipinski definition) is 0. The second kappa shape index (κ2) is 7.56. The van der Waals surface area contributed by atoms with E-state index in [-0.39, 0.29) is 12.6 Å². The van der Waals surface area contributed by atoms with Crippen molar-refractivity contribution >= 4 is 34.7 Å². The van der Waals surface area contributed by atoms with Gasteiger partial charge in [0.05, 0.1) is 27.5 Å². The SMILES string of the molecule is CCC1Oc2ccc(-c3nc(C)sc3C)cc2N(CN2C(=O)c3ccccc3C2=O)C1=O. The van der Waals surface area contributed by atoms with E-state index in [1.807, 2.05) is 39.0 Å². The Morgan fingerprint density at radius 2 is 1.69 bits per heavy atom. The highest BCUT2D eigenvalue weighted by atomic mass is 32.1. The second-order valence-electron chi connectivity index (χ2n) is 7.83. The molecule has 2 aromatic carbocycles. The lowest BCUT2D eigenvalue weighted by Crippen LogP contribution is -2.51. The number of thiazole rings is 1. The fourth-order valence-corrected chi connectivity index (χ4v) is 5.02. The summed E-state index contributed by atoms with van der Waals surface area (Å²) in [6.45, 7) is 5.65. The Morgan fingerprint density at radius 1 is 1.00 bits per heavy atom. The molecule has 7 nitrogen and oxygen atoms in total. The molecule has 3 amide bonds. The van der Waals surface area contributed by atoms with Gasteiger partial charge >= 0.3 is 0 Å². The second-order valence-corrected chi connectivity index (χ2v) is 9.23. The van der Waals surface area contributed by atoms with Gasteiger partial charge in [-0.2, -0.15) is 0 Å². The summed E-state index contributed by atoms with van der Waals surface area (Å²) in [5.41, 5.74) is 2.93. The molecule has 0 aliphatic carbocycles. The van der Waals surface area contributed by atoms with Gasteiger partial charge in [0.1, 0.15) is 12.4 Å². The molecule has 32 heavy (non-hydrogen) atoms. The largest absolute Gasteiger partial charge is 0.478 e. The zero-order chi connectivity index (χ0) is 22.6. The number of carbonyl (C=O) groups excluding carboxylic acids is 3. The van der Waals surface area contributed by atoms with Crippen LogP contribution in [0.4, 0.5) is 5.69 Å². The van der Waals surface area contributed by atoms with Crippen molar-refractivity contribution in [1.82, 2.24) is 9.88 Å². The lowest BCUT2D eigenvalue weighted by Gasteiger charge is -2.36. The van der Waals surface area contributed by atoms with Crippen LogP contribution >= 0.6 is 11.3 Å². The van der Waals surface area contributed by atoms with Crippen LogP contribution in [0.2, 0.25) is 0 Å². The summed E-state index contributed by atoms with van der Waals surface area (Å²) in [7, 11) is 0.